The quantitative estimate of drug-likeness (QED) is 0.462. The molecular weight excluding hydrogens is 384 g/mol. The number of ketones is 1. The van der Waals surface area contributed by atoms with Gasteiger partial charge in [0.1, 0.15) is 5.75 Å². The molecule has 29 heavy (non-hydrogen) atoms. The van der Waals surface area contributed by atoms with Crippen molar-refractivity contribution in [2.24, 2.45) is 0 Å². The zero-order chi connectivity index (χ0) is 20.4. The topological polar surface area (TPSA) is 68.3 Å². The summed E-state index contributed by atoms with van der Waals surface area (Å²) in [5.41, 5.74) is 1.98. The number of hydrogen-bond acceptors (Lipinski definition) is 5. The Labute approximate surface area is 173 Å². The zero-order valence-corrected chi connectivity index (χ0v) is 17.2. The van der Waals surface area contributed by atoms with E-state index in [-0.39, 0.29) is 23.0 Å². The van der Waals surface area contributed by atoms with Crippen molar-refractivity contribution < 1.29 is 14.3 Å². The van der Waals surface area contributed by atoms with E-state index in [0.717, 1.165) is 23.7 Å². The molecule has 1 fully saturated rings. The number of fused-ring (bicyclic) bond motifs is 1. The lowest BCUT2D eigenvalue weighted by Crippen LogP contribution is -2.25. The highest BCUT2D eigenvalue weighted by Crippen LogP contribution is 2.29. The molecule has 1 aliphatic rings. The first-order valence-electron chi connectivity index (χ1n) is 9.60. The average Bonchev–Trinajstić information content (AvgIpc) is 3.56. The number of Topliss-reactive ketones (excluding diaryl/α,β-unsaturated/α-hetero) is 1. The summed E-state index contributed by atoms with van der Waals surface area (Å²) < 4.78 is 5.15. The third kappa shape index (κ3) is 4.43. The molecule has 1 amide bonds. The molecule has 0 spiro atoms. The number of methoxy groups -OCH3 is 1. The van der Waals surface area contributed by atoms with Crippen molar-refractivity contribution in [1.82, 2.24) is 10.3 Å². The number of para-hydroxylation sites is 1. The summed E-state index contributed by atoms with van der Waals surface area (Å²) in [4.78, 5) is 30.2. The number of nitrogens with zero attached hydrogens (tertiary/aromatic N) is 1. The summed E-state index contributed by atoms with van der Waals surface area (Å²) in [5, 5.41) is 4.20. The van der Waals surface area contributed by atoms with Gasteiger partial charge in [-0.15, -0.1) is 0 Å². The maximum absolute atomic E-state index is 12.8. The maximum atomic E-state index is 12.8. The SMILES string of the molecule is COc1ccc(C(=O)C(C)Sc2cc(C(=O)NC3CC3)c3ccccc3n2)cc1. The van der Waals surface area contributed by atoms with Crippen LogP contribution >= 0.6 is 11.8 Å². The normalized spacial score (nSPS) is 14.4. The first kappa shape index (κ1) is 19.5. The lowest BCUT2D eigenvalue weighted by atomic mass is 10.1. The van der Waals surface area contributed by atoms with E-state index in [1.807, 2.05) is 31.2 Å². The molecule has 1 aromatic heterocycles. The van der Waals surface area contributed by atoms with Crippen molar-refractivity contribution in [2.75, 3.05) is 7.11 Å². The van der Waals surface area contributed by atoms with Crippen LogP contribution < -0.4 is 10.1 Å². The smallest absolute Gasteiger partial charge is 0.252 e. The van der Waals surface area contributed by atoms with Crippen molar-refractivity contribution >= 4 is 34.4 Å². The van der Waals surface area contributed by atoms with Gasteiger partial charge in [0.05, 0.1) is 28.5 Å². The van der Waals surface area contributed by atoms with E-state index < -0.39 is 0 Å². The minimum absolute atomic E-state index is 0.0107. The van der Waals surface area contributed by atoms with Crippen LogP contribution in [0.15, 0.2) is 59.6 Å². The summed E-state index contributed by atoms with van der Waals surface area (Å²) in [6, 6.07) is 16.8. The van der Waals surface area contributed by atoms with Gasteiger partial charge in [0.15, 0.2) is 5.78 Å². The Hall–Kier alpha value is -2.86. The third-order valence-corrected chi connectivity index (χ3v) is 5.91. The Morgan fingerprint density at radius 3 is 2.55 bits per heavy atom. The van der Waals surface area contributed by atoms with Crippen LogP contribution in [0, 0.1) is 0 Å². The number of amides is 1. The fraction of sp³-hybridized carbons (Fsp3) is 0.261. The second-order valence-electron chi connectivity index (χ2n) is 7.13. The van der Waals surface area contributed by atoms with Gasteiger partial charge in [-0.05, 0) is 56.2 Å². The molecule has 1 aliphatic carbocycles. The van der Waals surface area contributed by atoms with Crippen LogP contribution in [0.5, 0.6) is 5.75 Å². The minimum Gasteiger partial charge on any atom is -0.497 e. The fourth-order valence-corrected chi connectivity index (χ4v) is 4.06. The van der Waals surface area contributed by atoms with E-state index in [2.05, 4.69) is 10.3 Å². The van der Waals surface area contributed by atoms with Crippen LogP contribution in [0.1, 0.15) is 40.5 Å². The summed E-state index contributed by atoms with van der Waals surface area (Å²) >= 11 is 1.37. The fourth-order valence-electron chi connectivity index (χ4n) is 3.11. The monoisotopic (exact) mass is 406 g/mol. The number of rotatable bonds is 7. The molecule has 0 bridgehead atoms. The first-order valence-corrected chi connectivity index (χ1v) is 10.5. The number of ether oxygens (including phenoxy) is 1. The molecule has 0 aliphatic heterocycles. The summed E-state index contributed by atoms with van der Waals surface area (Å²) in [6.45, 7) is 1.86. The summed E-state index contributed by atoms with van der Waals surface area (Å²) in [5.74, 6) is 0.642. The van der Waals surface area contributed by atoms with E-state index >= 15 is 0 Å². The van der Waals surface area contributed by atoms with E-state index in [1.165, 1.54) is 11.8 Å². The van der Waals surface area contributed by atoms with E-state index in [1.54, 1.807) is 37.4 Å². The Bertz CT molecular complexity index is 1060. The van der Waals surface area contributed by atoms with Gasteiger partial charge in [-0.1, -0.05) is 30.0 Å². The van der Waals surface area contributed by atoms with E-state index in [4.69, 9.17) is 4.74 Å². The minimum atomic E-state index is -0.337. The molecule has 3 aromatic rings. The maximum Gasteiger partial charge on any atom is 0.252 e. The molecule has 5 nitrogen and oxygen atoms in total. The Balaban J connectivity index is 1.59. The molecule has 1 heterocycles. The standard InChI is InChI=1S/C23H22N2O3S/c1-14(22(26)15-7-11-17(28-2)12-8-15)29-21-13-19(23(27)24-16-9-10-16)18-5-3-4-6-20(18)25-21/h3-8,11-14,16H,9-10H2,1-2H3,(H,24,27). The molecule has 4 rings (SSSR count). The molecule has 1 saturated carbocycles. The molecule has 0 radical (unpaired) electrons. The Kier molecular flexibility index (Phi) is 5.53. The lowest BCUT2D eigenvalue weighted by molar-refractivity contribution is 0.0951. The Morgan fingerprint density at radius 1 is 1.14 bits per heavy atom. The number of carbonyl (C=O) groups excluding carboxylic acids is 2. The highest BCUT2D eigenvalue weighted by atomic mass is 32.2. The number of benzene rings is 2. The van der Waals surface area contributed by atoms with Gasteiger partial charge in [0.2, 0.25) is 0 Å². The zero-order valence-electron chi connectivity index (χ0n) is 16.3. The van der Waals surface area contributed by atoms with Crippen molar-refractivity contribution in [2.45, 2.75) is 36.1 Å². The van der Waals surface area contributed by atoms with E-state index in [0.29, 0.717) is 21.9 Å². The van der Waals surface area contributed by atoms with Gasteiger partial charge in [0, 0.05) is 17.0 Å². The largest absolute Gasteiger partial charge is 0.497 e. The van der Waals surface area contributed by atoms with Gasteiger partial charge >= 0.3 is 0 Å². The number of pyridine rings is 1. The second-order valence-corrected chi connectivity index (χ2v) is 8.49. The number of aromatic nitrogens is 1. The van der Waals surface area contributed by atoms with Gasteiger partial charge in [-0.25, -0.2) is 4.98 Å². The third-order valence-electron chi connectivity index (χ3n) is 4.89. The molecule has 148 valence electrons. The van der Waals surface area contributed by atoms with Gasteiger partial charge in [0.25, 0.3) is 5.91 Å². The molecule has 1 atom stereocenters. The molecular formula is C23H22N2O3S. The van der Waals surface area contributed by atoms with Crippen molar-refractivity contribution in [1.29, 1.82) is 0 Å². The first-order chi connectivity index (χ1) is 14.0. The summed E-state index contributed by atoms with van der Waals surface area (Å²) in [6.07, 6.45) is 2.06. The van der Waals surface area contributed by atoms with Crippen LogP contribution in [0.2, 0.25) is 0 Å². The predicted molar refractivity (Wildman–Crippen MR) is 115 cm³/mol. The summed E-state index contributed by atoms with van der Waals surface area (Å²) in [7, 11) is 1.59. The molecule has 0 saturated heterocycles. The number of nitrogens with one attached hydrogen (secondary N) is 1. The van der Waals surface area contributed by atoms with Gasteiger partial charge in [-0.3, -0.25) is 9.59 Å². The van der Waals surface area contributed by atoms with Crippen LogP contribution in [0.25, 0.3) is 10.9 Å². The molecule has 6 heteroatoms. The molecule has 1 N–H and O–H groups in total. The lowest BCUT2D eigenvalue weighted by Gasteiger charge is -2.13. The average molecular weight is 407 g/mol. The van der Waals surface area contributed by atoms with Gasteiger partial charge < -0.3 is 10.1 Å². The number of hydrogen-bond donors (Lipinski definition) is 1. The number of carbonyl (C=O) groups is 2. The van der Waals surface area contributed by atoms with Crippen LogP contribution in [0.3, 0.4) is 0 Å². The highest BCUT2D eigenvalue weighted by Gasteiger charge is 2.25. The Morgan fingerprint density at radius 2 is 1.86 bits per heavy atom. The predicted octanol–water partition coefficient (Wildman–Crippen LogP) is 4.50. The second kappa shape index (κ2) is 8.25. The van der Waals surface area contributed by atoms with Gasteiger partial charge in [-0.2, -0.15) is 0 Å². The molecule has 1 unspecified atom stereocenters. The number of thioether (sulfide) groups is 1. The van der Waals surface area contributed by atoms with Crippen LogP contribution in [0.4, 0.5) is 0 Å². The van der Waals surface area contributed by atoms with Crippen LogP contribution in [-0.2, 0) is 0 Å². The van der Waals surface area contributed by atoms with Crippen molar-refractivity contribution in [3.8, 4) is 5.75 Å². The highest BCUT2D eigenvalue weighted by molar-refractivity contribution is 8.00. The molecule has 2 aromatic carbocycles. The van der Waals surface area contributed by atoms with E-state index in [9.17, 15) is 9.59 Å². The van der Waals surface area contributed by atoms with Crippen molar-refractivity contribution in [3.63, 3.8) is 0 Å². The van der Waals surface area contributed by atoms with Crippen LogP contribution in [-0.4, -0.2) is 35.1 Å². The van der Waals surface area contributed by atoms with Crippen molar-refractivity contribution in [3.05, 3.63) is 65.7 Å².